The highest BCUT2D eigenvalue weighted by Gasteiger charge is 2.42. The van der Waals surface area contributed by atoms with Gasteiger partial charge in [-0.3, -0.25) is 0 Å². The van der Waals surface area contributed by atoms with Gasteiger partial charge >= 0.3 is 0 Å². The van der Waals surface area contributed by atoms with E-state index in [1.807, 2.05) is 0 Å². The van der Waals surface area contributed by atoms with E-state index in [-0.39, 0.29) is 0 Å². The smallest absolute Gasteiger partial charge is 0.117 e. The van der Waals surface area contributed by atoms with Gasteiger partial charge in [0.1, 0.15) is 24.2 Å². The van der Waals surface area contributed by atoms with Crippen LogP contribution in [0, 0.1) is 0 Å². The summed E-state index contributed by atoms with van der Waals surface area (Å²) in [5.41, 5.74) is 10.5. The highest BCUT2D eigenvalue weighted by atomic mass is 28.3. The molecule has 0 unspecified atom stereocenters. The van der Waals surface area contributed by atoms with Crippen LogP contribution in [0.2, 0.25) is 39.3 Å². The summed E-state index contributed by atoms with van der Waals surface area (Å²) in [6.07, 6.45) is 0. The number of fused-ring (bicyclic) bond motifs is 6. The van der Waals surface area contributed by atoms with Crippen LogP contribution in [0.1, 0.15) is 0 Å². The van der Waals surface area contributed by atoms with Crippen molar-refractivity contribution < 1.29 is 0 Å². The summed E-state index contributed by atoms with van der Waals surface area (Å²) in [4.78, 5) is 7.50. The average Bonchev–Trinajstić information content (AvgIpc) is 3.11. The lowest BCUT2D eigenvalue weighted by Crippen LogP contribution is -2.60. The average molecular weight is 686 g/mol. The van der Waals surface area contributed by atoms with Gasteiger partial charge in [0.2, 0.25) is 0 Å². The van der Waals surface area contributed by atoms with Crippen molar-refractivity contribution in [1.29, 1.82) is 0 Å². The second-order valence-electron chi connectivity index (χ2n) is 15.6. The van der Waals surface area contributed by atoms with Crippen LogP contribution in [0.15, 0.2) is 133 Å². The molecule has 0 atom stereocenters. The molecular weight excluding hydrogens is 643 g/mol. The van der Waals surface area contributed by atoms with Crippen molar-refractivity contribution in [3.8, 4) is 0 Å². The quantitative estimate of drug-likeness (QED) is 0.172. The van der Waals surface area contributed by atoms with Crippen molar-refractivity contribution in [2.75, 3.05) is 21.7 Å². The second-order valence-corrected chi connectivity index (χ2v) is 28.6. The molecule has 0 bridgehead atoms. The van der Waals surface area contributed by atoms with Crippen molar-refractivity contribution in [1.82, 2.24) is 0 Å². The first kappa shape index (κ1) is 30.4. The summed E-state index contributed by atoms with van der Waals surface area (Å²) in [6, 6.07) is 51.0. The van der Waals surface area contributed by atoms with E-state index in [2.05, 4.69) is 194 Å². The lowest BCUT2D eigenvalue weighted by Gasteiger charge is -2.44. The van der Waals surface area contributed by atoms with Crippen molar-refractivity contribution in [3.05, 3.63) is 133 Å². The molecule has 6 heteroatoms. The van der Waals surface area contributed by atoms with Crippen LogP contribution in [0.5, 0.6) is 0 Å². The topological polar surface area (TPSA) is 9.72 Å². The largest absolute Gasteiger partial charge is 0.345 e. The van der Waals surface area contributed by atoms with E-state index in [4.69, 9.17) is 0 Å². The number of rotatable bonds is 2. The van der Waals surface area contributed by atoms with Crippen LogP contribution in [-0.2, 0) is 0 Å². The third-order valence-corrected chi connectivity index (χ3v) is 22.4. The van der Waals surface area contributed by atoms with E-state index in [0.29, 0.717) is 0 Å². The van der Waals surface area contributed by atoms with Crippen LogP contribution >= 0.6 is 0 Å². The highest BCUT2D eigenvalue weighted by molar-refractivity contribution is 7.04. The predicted molar refractivity (Wildman–Crippen MR) is 221 cm³/mol. The van der Waals surface area contributed by atoms with E-state index >= 15 is 0 Å². The summed E-state index contributed by atoms with van der Waals surface area (Å²) >= 11 is 0. The van der Waals surface area contributed by atoms with Gasteiger partial charge in [-0.15, -0.1) is 0 Å². The minimum atomic E-state index is -2.16. The van der Waals surface area contributed by atoms with Crippen molar-refractivity contribution in [3.63, 3.8) is 0 Å². The monoisotopic (exact) mass is 685 g/mol. The van der Waals surface area contributed by atoms with E-state index in [0.717, 1.165) is 0 Å². The van der Waals surface area contributed by atoms with Crippen LogP contribution in [-0.4, -0.2) is 31.3 Å². The second kappa shape index (κ2) is 10.4. The number of para-hydroxylation sites is 4. The van der Waals surface area contributed by atoms with E-state index < -0.39 is 24.2 Å². The summed E-state index contributed by atoms with van der Waals surface area (Å²) in [7, 11) is -3.61. The molecule has 3 aliphatic rings. The number of hydrogen-bond acceptors (Lipinski definition) is 3. The molecule has 0 saturated carbocycles. The first-order valence-electron chi connectivity index (χ1n) is 17.5. The Hall–Kier alpha value is -4.63. The van der Waals surface area contributed by atoms with E-state index in [1.165, 1.54) is 76.6 Å². The first-order chi connectivity index (χ1) is 23.5. The number of anilines is 8. The van der Waals surface area contributed by atoms with Gasteiger partial charge in [-0.1, -0.05) is 112 Å². The molecule has 0 N–H and O–H groups in total. The molecule has 0 amide bonds. The van der Waals surface area contributed by atoms with Gasteiger partial charge in [-0.25, -0.2) is 0 Å². The fourth-order valence-electron chi connectivity index (χ4n) is 9.08. The third kappa shape index (κ3) is 4.17. The zero-order chi connectivity index (χ0) is 33.9. The zero-order valence-electron chi connectivity index (χ0n) is 29.5. The Morgan fingerprint density at radius 3 is 0.939 bits per heavy atom. The molecule has 9 rings (SSSR count). The van der Waals surface area contributed by atoms with Crippen LogP contribution in [0.3, 0.4) is 0 Å². The summed E-state index contributed by atoms with van der Waals surface area (Å²) in [5.74, 6) is 0. The minimum absolute atomic E-state index is 1.25. The van der Waals surface area contributed by atoms with Gasteiger partial charge in [0.25, 0.3) is 0 Å². The Morgan fingerprint density at radius 1 is 0.327 bits per heavy atom. The Morgan fingerprint density at radius 2 is 0.612 bits per heavy atom. The summed E-state index contributed by atoms with van der Waals surface area (Å²) < 4.78 is 0. The predicted octanol–water partition coefficient (Wildman–Crippen LogP) is 7.80. The molecule has 3 heterocycles. The Bertz CT molecular complexity index is 2070. The van der Waals surface area contributed by atoms with Gasteiger partial charge in [0, 0.05) is 52.5 Å². The van der Waals surface area contributed by atoms with Crippen LogP contribution in [0.25, 0.3) is 0 Å². The maximum atomic E-state index is 2.55. The van der Waals surface area contributed by atoms with Gasteiger partial charge in [-0.05, 0) is 91.8 Å². The van der Waals surface area contributed by atoms with E-state index in [1.54, 1.807) is 0 Å². The van der Waals surface area contributed by atoms with Crippen molar-refractivity contribution in [2.45, 2.75) is 39.3 Å². The van der Waals surface area contributed by atoms with Gasteiger partial charge in [-0.2, -0.15) is 0 Å². The SMILES string of the molecule is CN1c2ccc(N3c4ccccc4[Si](C)(C)c4ccccc43)cc2[Si](C)(C)c2cc(N3c4ccccc4[Si](C)(C)c4ccccc43)ccc21. The van der Waals surface area contributed by atoms with Crippen molar-refractivity contribution in [2.24, 2.45) is 0 Å². The number of hydrogen-bond donors (Lipinski definition) is 0. The van der Waals surface area contributed by atoms with Gasteiger partial charge in [0.05, 0.1) is 0 Å². The Labute approximate surface area is 294 Å². The maximum absolute atomic E-state index is 2.55. The molecule has 0 aliphatic carbocycles. The Balaban J connectivity index is 1.20. The maximum Gasteiger partial charge on any atom is 0.117 e. The first-order valence-corrected chi connectivity index (χ1v) is 26.5. The van der Waals surface area contributed by atoms with Crippen molar-refractivity contribution >= 4 is 101 Å². The molecule has 49 heavy (non-hydrogen) atoms. The zero-order valence-corrected chi connectivity index (χ0v) is 32.5. The fourth-order valence-corrected chi connectivity index (χ4v) is 18.1. The van der Waals surface area contributed by atoms with Crippen LogP contribution < -0.4 is 45.8 Å². The fraction of sp³-hybridized carbons (Fsp3) is 0.163. The molecular formula is C43H43N3Si3. The van der Waals surface area contributed by atoms with Gasteiger partial charge < -0.3 is 14.7 Å². The number of benzene rings is 6. The summed E-state index contributed by atoms with van der Waals surface area (Å²) in [6.45, 7) is 15.1. The molecule has 0 fully saturated rings. The normalized spacial score (nSPS) is 17.2. The molecule has 6 aromatic rings. The Kier molecular flexibility index (Phi) is 6.48. The van der Waals surface area contributed by atoms with E-state index in [9.17, 15) is 0 Å². The lowest BCUT2D eigenvalue weighted by atomic mass is 10.1. The molecule has 242 valence electrons. The summed E-state index contributed by atoms with van der Waals surface area (Å²) in [5, 5.41) is 8.99. The van der Waals surface area contributed by atoms with Gasteiger partial charge in [0.15, 0.2) is 0 Å². The van der Waals surface area contributed by atoms with Crippen LogP contribution in [0.4, 0.5) is 45.5 Å². The molecule has 0 radical (unpaired) electrons. The third-order valence-electron chi connectivity index (χ3n) is 11.8. The molecule has 0 spiro atoms. The molecule has 3 aliphatic heterocycles. The molecule has 0 aromatic heterocycles. The standard InChI is InChI=1S/C43H43N3Si3/c1-44-32-26-24-30(45-34-16-8-12-20-38(34)47(2,3)39-21-13-9-17-35(39)45)28-42(32)49(6,7)43-29-31(25-27-33(43)44)46-36-18-10-14-22-40(36)48(4,5)41-23-15-11-19-37(41)46/h8-29H,1-7H3. The highest BCUT2D eigenvalue weighted by Crippen LogP contribution is 2.42. The molecule has 6 aromatic carbocycles. The molecule has 3 nitrogen and oxygen atoms in total. The minimum Gasteiger partial charge on any atom is -0.345 e. The molecule has 0 saturated heterocycles. The lowest BCUT2D eigenvalue weighted by molar-refractivity contribution is 1.20. The number of nitrogens with zero attached hydrogens (tertiary/aromatic N) is 3.